The Morgan fingerprint density at radius 2 is 1.83 bits per heavy atom. The molecule has 0 aromatic heterocycles. The molecular formula is C11H19N3O4. The van der Waals surface area contributed by atoms with Gasteiger partial charge in [0.05, 0.1) is 5.41 Å². The Kier molecular flexibility index (Phi) is 4.94. The minimum Gasteiger partial charge on any atom is -0.481 e. The molecule has 0 radical (unpaired) electrons. The van der Waals surface area contributed by atoms with Crippen molar-refractivity contribution in [3.8, 4) is 0 Å². The molecule has 0 aliphatic heterocycles. The molecule has 0 spiro atoms. The van der Waals surface area contributed by atoms with Crippen LogP contribution in [0.25, 0.3) is 0 Å². The van der Waals surface area contributed by atoms with Gasteiger partial charge in [0.25, 0.3) is 0 Å². The summed E-state index contributed by atoms with van der Waals surface area (Å²) in [7, 11) is 0. The molecule has 18 heavy (non-hydrogen) atoms. The van der Waals surface area contributed by atoms with Crippen LogP contribution < -0.4 is 16.0 Å². The number of carbonyl (C=O) groups excluding carboxylic acids is 2. The second-order valence-electron chi connectivity index (χ2n) is 4.40. The van der Waals surface area contributed by atoms with Crippen LogP contribution in [0.1, 0.15) is 26.2 Å². The third-order valence-corrected chi connectivity index (χ3v) is 2.91. The van der Waals surface area contributed by atoms with Gasteiger partial charge in [0.15, 0.2) is 0 Å². The van der Waals surface area contributed by atoms with Crippen LogP contribution in [0.3, 0.4) is 0 Å². The first-order valence-electron chi connectivity index (χ1n) is 6.02. The van der Waals surface area contributed by atoms with Gasteiger partial charge in [-0.05, 0) is 19.8 Å². The van der Waals surface area contributed by atoms with E-state index in [0.29, 0.717) is 19.4 Å². The van der Waals surface area contributed by atoms with Gasteiger partial charge in [0.1, 0.15) is 0 Å². The Hall–Kier alpha value is -1.79. The molecule has 0 saturated heterocycles. The Morgan fingerprint density at radius 3 is 2.33 bits per heavy atom. The third-order valence-electron chi connectivity index (χ3n) is 2.91. The molecule has 0 aromatic rings. The van der Waals surface area contributed by atoms with Gasteiger partial charge in [-0.1, -0.05) is 0 Å². The summed E-state index contributed by atoms with van der Waals surface area (Å²) in [5.41, 5.74) is -0.767. The Balaban J connectivity index is 2.11. The maximum absolute atomic E-state index is 11.3. The number of urea groups is 1. The number of rotatable bonds is 7. The van der Waals surface area contributed by atoms with Gasteiger partial charge in [0.2, 0.25) is 5.91 Å². The van der Waals surface area contributed by atoms with Crippen LogP contribution in [0, 0.1) is 5.41 Å². The van der Waals surface area contributed by atoms with Crippen molar-refractivity contribution in [2.75, 3.05) is 19.6 Å². The number of amides is 3. The smallest absolute Gasteiger partial charge is 0.314 e. The zero-order valence-corrected chi connectivity index (χ0v) is 10.4. The quantitative estimate of drug-likeness (QED) is 0.501. The molecule has 1 aliphatic rings. The molecular weight excluding hydrogens is 238 g/mol. The van der Waals surface area contributed by atoms with E-state index >= 15 is 0 Å². The normalized spacial score (nSPS) is 15.6. The van der Waals surface area contributed by atoms with Crippen LogP contribution in [-0.2, 0) is 9.59 Å². The van der Waals surface area contributed by atoms with Gasteiger partial charge < -0.3 is 21.1 Å². The summed E-state index contributed by atoms with van der Waals surface area (Å²) in [4.78, 5) is 33.3. The summed E-state index contributed by atoms with van der Waals surface area (Å²) in [6, 6.07) is -0.438. The molecule has 102 valence electrons. The van der Waals surface area contributed by atoms with Crippen molar-refractivity contribution in [2.45, 2.75) is 26.2 Å². The lowest BCUT2D eigenvalue weighted by molar-refractivity contribution is -0.143. The van der Waals surface area contributed by atoms with Crippen LogP contribution in [-0.4, -0.2) is 42.6 Å². The van der Waals surface area contributed by atoms with Crippen LogP contribution in [0.5, 0.6) is 0 Å². The zero-order chi connectivity index (χ0) is 13.6. The summed E-state index contributed by atoms with van der Waals surface area (Å²) in [5.74, 6) is -0.993. The van der Waals surface area contributed by atoms with Crippen molar-refractivity contribution >= 4 is 17.9 Å². The molecule has 1 aliphatic carbocycles. The highest BCUT2D eigenvalue weighted by molar-refractivity contribution is 5.81. The Morgan fingerprint density at radius 1 is 1.17 bits per heavy atom. The van der Waals surface area contributed by atoms with Gasteiger partial charge in [-0.3, -0.25) is 9.59 Å². The molecule has 0 heterocycles. The number of hydrogen-bond acceptors (Lipinski definition) is 3. The second-order valence-corrected chi connectivity index (χ2v) is 4.40. The molecule has 0 unspecified atom stereocenters. The Bertz CT molecular complexity index is 339. The van der Waals surface area contributed by atoms with Gasteiger partial charge in [-0.2, -0.15) is 0 Å². The summed E-state index contributed by atoms with van der Waals surface area (Å²) < 4.78 is 0. The maximum Gasteiger partial charge on any atom is 0.314 e. The molecule has 4 N–H and O–H groups in total. The highest BCUT2D eigenvalue weighted by atomic mass is 16.4. The van der Waals surface area contributed by atoms with Gasteiger partial charge >= 0.3 is 12.0 Å². The highest BCUT2D eigenvalue weighted by Crippen LogP contribution is 2.45. The Labute approximate surface area is 105 Å². The predicted molar refractivity (Wildman–Crippen MR) is 64.0 cm³/mol. The van der Waals surface area contributed by atoms with Crippen molar-refractivity contribution in [2.24, 2.45) is 5.41 Å². The number of hydrogen-bond donors (Lipinski definition) is 4. The zero-order valence-electron chi connectivity index (χ0n) is 10.4. The third kappa shape index (κ3) is 4.23. The first-order chi connectivity index (χ1) is 8.50. The predicted octanol–water partition coefficient (Wildman–Crippen LogP) is -0.323. The van der Waals surface area contributed by atoms with Crippen LogP contribution in [0.2, 0.25) is 0 Å². The average molecular weight is 257 g/mol. The fraction of sp³-hybridized carbons (Fsp3) is 0.727. The minimum atomic E-state index is -0.870. The molecule has 7 heteroatoms. The van der Waals surface area contributed by atoms with Crippen LogP contribution in [0.4, 0.5) is 4.79 Å². The fourth-order valence-corrected chi connectivity index (χ4v) is 1.50. The molecule has 7 nitrogen and oxygen atoms in total. The first kappa shape index (κ1) is 14.3. The summed E-state index contributed by atoms with van der Waals surface area (Å²) in [6.45, 7) is 2.75. The van der Waals surface area contributed by atoms with Gasteiger partial charge in [0, 0.05) is 26.1 Å². The van der Waals surface area contributed by atoms with E-state index in [1.54, 1.807) is 0 Å². The van der Waals surface area contributed by atoms with Crippen LogP contribution in [0.15, 0.2) is 0 Å². The monoisotopic (exact) mass is 257 g/mol. The molecule has 1 rings (SSSR count). The number of carboxylic acids is 1. The topological polar surface area (TPSA) is 108 Å². The van der Waals surface area contributed by atoms with Crippen molar-refractivity contribution in [3.05, 3.63) is 0 Å². The van der Waals surface area contributed by atoms with Crippen molar-refractivity contribution in [3.63, 3.8) is 0 Å². The standard InChI is InChI=1S/C11H19N3O4/c1-2-12-8(15)3-6-13-10(18)14-7-11(4-5-11)9(16)17/h2-7H2,1H3,(H,12,15)(H,16,17)(H2,13,14,18). The maximum atomic E-state index is 11.3. The largest absolute Gasteiger partial charge is 0.481 e. The molecule has 0 atom stereocenters. The van der Waals surface area contributed by atoms with Gasteiger partial charge in [-0.15, -0.1) is 0 Å². The molecule has 0 aromatic carbocycles. The van der Waals surface area contributed by atoms with E-state index in [0.717, 1.165) is 0 Å². The van der Waals surface area contributed by atoms with E-state index in [2.05, 4.69) is 16.0 Å². The van der Waals surface area contributed by atoms with E-state index in [1.807, 2.05) is 6.92 Å². The van der Waals surface area contributed by atoms with Gasteiger partial charge in [-0.25, -0.2) is 4.79 Å². The highest BCUT2D eigenvalue weighted by Gasteiger charge is 2.50. The molecule has 1 fully saturated rings. The van der Waals surface area contributed by atoms with E-state index < -0.39 is 17.4 Å². The minimum absolute atomic E-state index is 0.123. The summed E-state index contributed by atoms with van der Waals surface area (Å²) in [6.07, 6.45) is 1.41. The molecule has 0 bridgehead atoms. The van der Waals surface area contributed by atoms with Crippen LogP contribution >= 0.6 is 0 Å². The lowest BCUT2D eigenvalue weighted by Crippen LogP contribution is -2.41. The van der Waals surface area contributed by atoms with E-state index in [9.17, 15) is 14.4 Å². The number of aliphatic carboxylic acids is 1. The summed E-state index contributed by atoms with van der Waals surface area (Å²) in [5, 5.41) is 16.5. The fourth-order valence-electron chi connectivity index (χ4n) is 1.50. The van der Waals surface area contributed by atoms with Crippen molar-refractivity contribution in [1.29, 1.82) is 0 Å². The number of carbonyl (C=O) groups is 3. The van der Waals surface area contributed by atoms with Crippen molar-refractivity contribution < 1.29 is 19.5 Å². The number of nitrogens with one attached hydrogen (secondary N) is 3. The first-order valence-corrected chi connectivity index (χ1v) is 6.02. The van der Waals surface area contributed by atoms with Crippen molar-refractivity contribution in [1.82, 2.24) is 16.0 Å². The molecule has 1 saturated carbocycles. The average Bonchev–Trinajstić information content (AvgIpc) is 3.08. The molecule has 3 amide bonds. The lowest BCUT2D eigenvalue weighted by Gasteiger charge is -2.11. The van der Waals surface area contributed by atoms with E-state index in [1.165, 1.54) is 0 Å². The van der Waals surface area contributed by atoms with E-state index in [-0.39, 0.29) is 25.4 Å². The van der Waals surface area contributed by atoms with E-state index in [4.69, 9.17) is 5.11 Å². The number of carboxylic acid groups (broad SMARTS) is 1. The second kappa shape index (κ2) is 6.23. The lowest BCUT2D eigenvalue weighted by atomic mass is 10.1. The summed E-state index contributed by atoms with van der Waals surface area (Å²) >= 11 is 0. The SMILES string of the molecule is CCNC(=O)CCNC(=O)NCC1(C(=O)O)CC1.